The van der Waals surface area contributed by atoms with Gasteiger partial charge in [-0.1, -0.05) is 34.1 Å². The molecule has 0 amide bonds. The lowest BCUT2D eigenvalue weighted by molar-refractivity contribution is 0.251. The Morgan fingerprint density at radius 2 is 1.89 bits per heavy atom. The summed E-state index contributed by atoms with van der Waals surface area (Å²) < 4.78 is 32.5. The number of aliphatic hydroxyl groups excluding tert-OH is 1. The molecule has 0 atom stereocenters. The molecule has 0 unspecified atom stereocenters. The van der Waals surface area contributed by atoms with Crippen LogP contribution < -0.4 is 4.74 Å². The molecule has 19 heavy (non-hydrogen) atoms. The molecule has 0 aliphatic heterocycles. The molecular weight excluding hydrogens is 318 g/mol. The molecule has 1 N–H and O–H groups in total. The second-order valence-electron chi connectivity index (χ2n) is 3.91. The molecule has 0 saturated carbocycles. The first-order valence-corrected chi connectivity index (χ1v) is 6.36. The molecule has 2 nitrogen and oxygen atoms in total. The topological polar surface area (TPSA) is 29.5 Å². The Morgan fingerprint density at radius 1 is 1.11 bits per heavy atom. The summed E-state index contributed by atoms with van der Waals surface area (Å²) in [6.45, 7) is -0.230. The third-order valence-corrected chi connectivity index (χ3v) is 3.34. The van der Waals surface area contributed by atoms with Gasteiger partial charge >= 0.3 is 0 Å². The quantitative estimate of drug-likeness (QED) is 0.925. The fourth-order valence-electron chi connectivity index (χ4n) is 1.63. The zero-order valence-electron chi connectivity index (χ0n) is 9.87. The van der Waals surface area contributed by atoms with Gasteiger partial charge in [-0.3, -0.25) is 0 Å². The molecule has 0 fully saturated rings. The molecule has 5 heteroatoms. The maximum Gasteiger partial charge on any atom is 0.165 e. The minimum Gasteiger partial charge on any atom is -0.485 e. The predicted octanol–water partition coefficient (Wildman–Crippen LogP) is 3.80. The predicted molar refractivity (Wildman–Crippen MR) is 70.8 cm³/mol. The van der Waals surface area contributed by atoms with Crippen LogP contribution in [0.2, 0.25) is 0 Å². The highest BCUT2D eigenvalue weighted by atomic mass is 79.9. The van der Waals surface area contributed by atoms with Gasteiger partial charge in [-0.05, 0) is 18.2 Å². The van der Waals surface area contributed by atoms with Gasteiger partial charge in [0.1, 0.15) is 12.4 Å². The van der Waals surface area contributed by atoms with E-state index in [0.717, 1.165) is 0 Å². The Kier molecular flexibility index (Phi) is 4.50. The second-order valence-corrected chi connectivity index (χ2v) is 4.76. The van der Waals surface area contributed by atoms with Crippen molar-refractivity contribution in [2.75, 3.05) is 0 Å². The molecule has 0 spiro atoms. The van der Waals surface area contributed by atoms with Gasteiger partial charge in [0.05, 0.1) is 6.61 Å². The van der Waals surface area contributed by atoms with E-state index in [2.05, 4.69) is 15.9 Å². The number of ether oxygens (including phenoxy) is 1. The van der Waals surface area contributed by atoms with Gasteiger partial charge in [0, 0.05) is 15.6 Å². The van der Waals surface area contributed by atoms with E-state index in [1.807, 2.05) is 0 Å². The van der Waals surface area contributed by atoms with Gasteiger partial charge < -0.3 is 9.84 Å². The molecule has 0 bridgehead atoms. The molecule has 0 saturated heterocycles. The molecule has 0 radical (unpaired) electrons. The Hall–Kier alpha value is -1.46. The smallest absolute Gasteiger partial charge is 0.165 e. The molecule has 0 aliphatic rings. The van der Waals surface area contributed by atoms with Crippen molar-refractivity contribution in [3.05, 3.63) is 63.6 Å². The number of hydrogen-bond acceptors (Lipinski definition) is 2. The zero-order valence-corrected chi connectivity index (χ0v) is 11.5. The zero-order chi connectivity index (χ0) is 13.8. The van der Waals surface area contributed by atoms with Crippen LogP contribution in [0.15, 0.2) is 40.9 Å². The first kappa shape index (κ1) is 14.0. The Balaban J connectivity index is 2.19. The number of hydrogen-bond donors (Lipinski definition) is 1. The van der Waals surface area contributed by atoms with E-state index < -0.39 is 5.82 Å². The molecule has 0 aliphatic carbocycles. The van der Waals surface area contributed by atoms with Crippen molar-refractivity contribution in [2.24, 2.45) is 0 Å². The second kappa shape index (κ2) is 6.12. The first-order chi connectivity index (χ1) is 9.11. The molecule has 2 aromatic rings. The molecule has 2 rings (SSSR count). The van der Waals surface area contributed by atoms with Gasteiger partial charge in [-0.25, -0.2) is 8.78 Å². The van der Waals surface area contributed by atoms with Crippen molar-refractivity contribution in [3.8, 4) is 5.75 Å². The molecular formula is C14H11BrF2O2. The van der Waals surface area contributed by atoms with E-state index in [0.29, 0.717) is 15.6 Å². The van der Waals surface area contributed by atoms with E-state index in [1.54, 1.807) is 12.1 Å². The van der Waals surface area contributed by atoms with Crippen LogP contribution in [0, 0.1) is 11.6 Å². The minimum absolute atomic E-state index is 0.0150. The number of rotatable bonds is 4. The monoisotopic (exact) mass is 328 g/mol. The van der Waals surface area contributed by atoms with Gasteiger partial charge in [-0.15, -0.1) is 0 Å². The molecule has 0 aromatic heterocycles. The highest BCUT2D eigenvalue weighted by Gasteiger charge is 2.10. The van der Waals surface area contributed by atoms with Crippen LogP contribution in [0.1, 0.15) is 11.1 Å². The minimum atomic E-state index is -0.537. The third-order valence-electron chi connectivity index (χ3n) is 2.61. The van der Waals surface area contributed by atoms with Crippen LogP contribution >= 0.6 is 15.9 Å². The number of para-hydroxylation sites is 1. The maximum atomic E-state index is 13.6. The van der Waals surface area contributed by atoms with Crippen molar-refractivity contribution in [3.63, 3.8) is 0 Å². The Morgan fingerprint density at radius 3 is 2.58 bits per heavy atom. The molecule has 100 valence electrons. The number of benzene rings is 2. The lowest BCUT2D eigenvalue weighted by Crippen LogP contribution is -2.02. The number of aliphatic hydroxyl groups is 1. The summed E-state index contributed by atoms with van der Waals surface area (Å²) in [6, 6.07) is 8.51. The first-order valence-electron chi connectivity index (χ1n) is 5.57. The van der Waals surface area contributed by atoms with E-state index in [-0.39, 0.29) is 24.8 Å². The van der Waals surface area contributed by atoms with Crippen LogP contribution in [0.4, 0.5) is 8.78 Å². The largest absolute Gasteiger partial charge is 0.485 e. The summed E-state index contributed by atoms with van der Waals surface area (Å²) in [5, 5.41) is 9.13. The standard InChI is InChI=1S/C14H11BrF2O2/c15-12-6-11(16)5-4-10(12)8-19-14-9(7-18)2-1-3-13(14)17/h1-6,18H,7-8H2. The summed E-state index contributed by atoms with van der Waals surface area (Å²) in [5.41, 5.74) is 1.06. The Labute approximate surface area is 117 Å². The van der Waals surface area contributed by atoms with Crippen LogP contribution in [0.25, 0.3) is 0 Å². The summed E-state index contributed by atoms with van der Waals surface area (Å²) in [7, 11) is 0. The summed E-state index contributed by atoms with van der Waals surface area (Å²) in [6.07, 6.45) is 0. The maximum absolute atomic E-state index is 13.6. The fraction of sp³-hybridized carbons (Fsp3) is 0.143. The summed E-state index contributed by atoms with van der Waals surface area (Å²) in [5.74, 6) is -0.886. The van der Waals surface area contributed by atoms with Crippen LogP contribution in [-0.4, -0.2) is 5.11 Å². The van der Waals surface area contributed by atoms with Crippen molar-refractivity contribution < 1.29 is 18.6 Å². The lowest BCUT2D eigenvalue weighted by Gasteiger charge is -2.12. The van der Waals surface area contributed by atoms with Crippen LogP contribution in [0.3, 0.4) is 0 Å². The van der Waals surface area contributed by atoms with Crippen LogP contribution in [0.5, 0.6) is 5.75 Å². The number of halogens is 3. The van der Waals surface area contributed by atoms with Gasteiger partial charge in [0.25, 0.3) is 0 Å². The third kappa shape index (κ3) is 3.30. The van der Waals surface area contributed by atoms with E-state index in [4.69, 9.17) is 9.84 Å². The lowest BCUT2D eigenvalue weighted by atomic mass is 10.2. The highest BCUT2D eigenvalue weighted by molar-refractivity contribution is 9.10. The van der Waals surface area contributed by atoms with Crippen molar-refractivity contribution in [1.82, 2.24) is 0 Å². The van der Waals surface area contributed by atoms with Gasteiger partial charge in [0.2, 0.25) is 0 Å². The summed E-state index contributed by atoms with van der Waals surface area (Å²) in [4.78, 5) is 0. The van der Waals surface area contributed by atoms with E-state index in [9.17, 15) is 8.78 Å². The van der Waals surface area contributed by atoms with Gasteiger partial charge in [0.15, 0.2) is 11.6 Å². The van der Waals surface area contributed by atoms with Gasteiger partial charge in [-0.2, -0.15) is 0 Å². The average molecular weight is 329 g/mol. The fourth-order valence-corrected chi connectivity index (χ4v) is 2.09. The van der Waals surface area contributed by atoms with Crippen molar-refractivity contribution >= 4 is 15.9 Å². The normalized spacial score (nSPS) is 10.5. The molecule has 2 aromatic carbocycles. The average Bonchev–Trinajstić information content (AvgIpc) is 2.39. The van der Waals surface area contributed by atoms with Crippen molar-refractivity contribution in [1.29, 1.82) is 0 Å². The molecule has 0 heterocycles. The van der Waals surface area contributed by atoms with Crippen LogP contribution in [-0.2, 0) is 13.2 Å². The van der Waals surface area contributed by atoms with E-state index >= 15 is 0 Å². The Bertz CT molecular complexity index is 588. The van der Waals surface area contributed by atoms with Crippen molar-refractivity contribution in [2.45, 2.75) is 13.2 Å². The summed E-state index contributed by atoms with van der Waals surface area (Å²) >= 11 is 3.21. The highest BCUT2D eigenvalue weighted by Crippen LogP contribution is 2.25. The van der Waals surface area contributed by atoms with E-state index in [1.165, 1.54) is 24.3 Å². The SMILES string of the molecule is OCc1cccc(F)c1OCc1ccc(F)cc1Br.